The molecule has 0 aromatic carbocycles. The lowest BCUT2D eigenvalue weighted by Gasteiger charge is -2.34. The summed E-state index contributed by atoms with van der Waals surface area (Å²) in [5, 5.41) is 6.43. The van der Waals surface area contributed by atoms with Crippen molar-refractivity contribution in [3.8, 4) is 0 Å². The molecule has 1 aliphatic carbocycles. The fraction of sp³-hybridized carbons (Fsp3) is 0.917. The van der Waals surface area contributed by atoms with Crippen molar-refractivity contribution in [1.82, 2.24) is 10.6 Å². The van der Waals surface area contributed by atoms with Crippen molar-refractivity contribution in [2.24, 2.45) is 11.3 Å². The number of amides is 1. The maximum absolute atomic E-state index is 12.0. The average molecular weight is 210 g/mol. The second-order valence-corrected chi connectivity index (χ2v) is 5.35. The fourth-order valence-corrected chi connectivity index (χ4v) is 2.40. The molecule has 2 rings (SSSR count). The van der Waals surface area contributed by atoms with Gasteiger partial charge in [0.05, 0.1) is 5.41 Å². The van der Waals surface area contributed by atoms with Crippen molar-refractivity contribution < 1.29 is 4.79 Å². The third-order valence-corrected chi connectivity index (χ3v) is 3.92. The van der Waals surface area contributed by atoms with Gasteiger partial charge in [-0.1, -0.05) is 6.42 Å². The van der Waals surface area contributed by atoms with Crippen molar-refractivity contribution in [3.05, 3.63) is 0 Å². The molecular weight excluding hydrogens is 188 g/mol. The number of rotatable bonds is 3. The topological polar surface area (TPSA) is 41.1 Å². The summed E-state index contributed by atoms with van der Waals surface area (Å²) >= 11 is 0. The second kappa shape index (κ2) is 4.52. The molecule has 2 fully saturated rings. The summed E-state index contributed by atoms with van der Waals surface area (Å²) in [5.74, 6) is 1.01. The summed E-state index contributed by atoms with van der Waals surface area (Å²) < 4.78 is 0. The quantitative estimate of drug-likeness (QED) is 0.737. The maximum atomic E-state index is 12.0. The first-order valence-electron chi connectivity index (χ1n) is 6.20. The molecule has 1 saturated heterocycles. The number of hydrogen-bond donors (Lipinski definition) is 2. The summed E-state index contributed by atoms with van der Waals surface area (Å²) in [4.78, 5) is 12.0. The van der Waals surface area contributed by atoms with Gasteiger partial charge in [0.2, 0.25) is 5.91 Å². The zero-order valence-electron chi connectivity index (χ0n) is 9.64. The average Bonchev–Trinajstić information content (AvgIpc) is 2.16. The van der Waals surface area contributed by atoms with E-state index in [9.17, 15) is 4.79 Å². The Bertz CT molecular complexity index is 230. The Kier molecular flexibility index (Phi) is 3.29. The Hall–Kier alpha value is -0.570. The lowest BCUT2D eigenvalue weighted by Crippen LogP contribution is -2.49. The van der Waals surface area contributed by atoms with Gasteiger partial charge in [-0.05, 0) is 45.1 Å². The first-order valence-corrected chi connectivity index (χ1v) is 6.20. The highest BCUT2D eigenvalue weighted by Crippen LogP contribution is 2.28. The van der Waals surface area contributed by atoms with Gasteiger partial charge in [0.1, 0.15) is 0 Å². The van der Waals surface area contributed by atoms with Crippen LogP contribution >= 0.6 is 0 Å². The second-order valence-electron chi connectivity index (χ2n) is 5.35. The molecule has 0 aromatic heterocycles. The third-order valence-electron chi connectivity index (χ3n) is 3.92. The number of hydrogen-bond acceptors (Lipinski definition) is 2. The van der Waals surface area contributed by atoms with Crippen LogP contribution in [-0.2, 0) is 4.79 Å². The molecule has 1 aliphatic heterocycles. The number of carbonyl (C=O) groups is 1. The van der Waals surface area contributed by atoms with Crippen LogP contribution in [0.25, 0.3) is 0 Å². The van der Waals surface area contributed by atoms with Crippen LogP contribution in [-0.4, -0.2) is 25.5 Å². The highest BCUT2D eigenvalue weighted by atomic mass is 16.2. The molecule has 2 aliphatic rings. The molecule has 15 heavy (non-hydrogen) atoms. The van der Waals surface area contributed by atoms with E-state index in [0.717, 1.165) is 38.4 Å². The normalized spacial score (nSPS) is 32.1. The van der Waals surface area contributed by atoms with E-state index in [0.29, 0.717) is 0 Å². The molecule has 1 atom stereocenters. The van der Waals surface area contributed by atoms with Crippen LogP contribution in [0, 0.1) is 11.3 Å². The Morgan fingerprint density at radius 3 is 2.80 bits per heavy atom. The van der Waals surface area contributed by atoms with E-state index in [1.165, 1.54) is 19.3 Å². The van der Waals surface area contributed by atoms with Gasteiger partial charge in [-0.3, -0.25) is 4.79 Å². The lowest BCUT2D eigenvalue weighted by molar-refractivity contribution is -0.131. The summed E-state index contributed by atoms with van der Waals surface area (Å²) in [5.41, 5.74) is -0.165. The Morgan fingerprint density at radius 1 is 1.47 bits per heavy atom. The number of piperidine rings is 1. The van der Waals surface area contributed by atoms with Gasteiger partial charge in [-0.25, -0.2) is 0 Å². The molecule has 1 heterocycles. The molecule has 0 radical (unpaired) electrons. The monoisotopic (exact) mass is 210 g/mol. The smallest absolute Gasteiger partial charge is 0.227 e. The van der Waals surface area contributed by atoms with Gasteiger partial charge in [0.25, 0.3) is 0 Å². The maximum Gasteiger partial charge on any atom is 0.227 e. The summed E-state index contributed by atoms with van der Waals surface area (Å²) in [6.45, 7) is 4.87. The molecule has 0 spiro atoms. The predicted molar refractivity (Wildman–Crippen MR) is 60.6 cm³/mol. The van der Waals surface area contributed by atoms with Crippen LogP contribution in [0.15, 0.2) is 0 Å². The molecule has 1 saturated carbocycles. The van der Waals surface area contributed by atoms with E-state index in [1.807, 2.05) is 0 Å². The van der Waals surface area contributed by atoms with Crippen LogP contribution in [0.3, 0.4) is 0 Å². The molecule has 0 aromatic rings. The minimum Gasteiger partial charge on any atom is -0.355 e. The summed E-state index contributed by atoms with van der Waals surface area (Å²) in [7, 11) is 0. The minimum atomic E-state index is -0.165. The van der Waals surface area contributed by atoms with Crippen LogP contribution in [0.2, 0.25) is 0 Å². The molecule has 86 valence electrons. The Balaban J connectivity index is 1.77. The molecule has 3 nitrogen and oxygen atoms in total. The molecule has 1 amide bonds. The van der Waals surface area contributed by atoms with Crippen LogP contribution in [0.1, 0.15) is 39.0 Å². The first kappa shape index (κ1) is 10.9. The third kappa shape index (κ3) is 2.51. The van der Waals surface area contributed by atoms with Crippen LogP contribution in [0.5, 0.6) is 0 Å². The minimum absolute atomic E-state index is 0.165. The number of nitrogens with one attached hydrogen (secondary N) is 2. The fourth-order valence-electron chi connectivity index (χ4n) is 2.40. The molecule has 1 unspecified atom stereocenters. The van der Waals surface area contributed by atoms with Crippen molar-refractivity contribution in [1.29, 1.82) is 0 Å². The predicted octanol–water partition coefficient (Wildman–Crippen LogP) is 1.29. The highest BCUT2D eigenvalue weighted by molar-refractivity contribution is 5.82. The summed E-state index contributed by atoms with van der Waals surface area (Å²) in [6, 6.07) is 0. The van der Waals surface area contributed by atoms with Gasteiger partial charge in [0, 0.05) is 13.1 Å². The first-order chi connectivity index (χ1) is 7.21. The zero-order valence-corrected chi connectivity index (χ0v) is 9.64. The van der Waals surface area contributed by atoms with Gasteiger partial charge >= 0.3 is 0 Å². The Morgan fingerprint density at radius 2 is 2.27 bits per heavy atom. The standard InChI is InChI=1S/C12H22N2O/c1-12(6-3-7-13-9-12)11(15)14-8-10-4-2-5-10/h10,13H,2-9H2,1H3,(H,14,15). The van der Waals surface area contributed by atoms with Crippen molar-refractivity contribution >= 4 is 5.91 Å². The number of carbonyl (C=O) groups excluding carboxylic acids is 1. The van der Waals surface area contributed by atoms with Crippen molar-refractivity contribution in [2.45, 2.75) is 39.0 Å². The van der Waals surface area contributed by atoms with Gasteiger partial charge in [0.15, 0.2) is 0 Å². The van der Waals surface area contributed by atoms with Crippen molar-refractivity contribution in [3.63, 3.8) is 0 Å². The van der Waals surface area contributed by atoms with Crippen LogP contribution < -0.4 is 10.6 Å². The van der Waals surface area contributed by atoms with Crippen LogP contribution in [0.4, 0.5) is 0 Å². The summed E-state index contributed by atoms with van der Waals surface area (Å²) in [6.07, 6.45) is 6.09. The Labute approximate surface area is 92.0 Å². The van der Waals surface area contributed by atoms with Gasteiger partial charge in [-0.15, -0.1) is 0 Å². The van der Waals surface area contributed by atoms with Gasteiger partial charge in [-0.2, -0.15) is 0 Å². The molecule has 2 N–H and O–H groups in total. The van der Waals surface area contributed by atoms with E-state index in [2.05, 4.69) is 17.6 Å². The lowest BCUT2D eigenvalue weighted by atomic mass is 9.81. The van der Waals surface area contributed by atoms with E-state index >= 15 is 0 Å². The van der Waals surface area contributed by atoms with Crippen molar-refractivity contribution in [2.75, 3.05) is 19.6 Å². The largest absolute Gasteiger partial charge is 0.355 e. The van der Waals surface area contributed by atoms with E-state index in [4.69, 9.17) is 0 Å². The van der Waals surface area contributed by atoms with Gasteiger partial charge < -0.3 is 10.6 Å². The highest BCUT2D eigenvalue weighted by Gasteiger charge is 2.34. The SMILES string of the molecule is CC1(C(=O)NCC2CCC2)CCCNC1. The van der Waals surface area contributed by atoms with E-state index in [-0.39, 0.29) is 11.3 Å². The van der Waals surface area contributed by atoms with E-state index in [1.54, 1.807) is 0 Å². The molecule has 0 bridgehead atoms. The molecular formula is C12H22N2O. The van der Waals surface area contributed by atoms with E-state index < -0.39 is 0 Å². The molecule has 3 heteroatoms. The zero-order chi connectivity index (χ0) is 10.7.